The zero-order valence-electron chi connectivity index (χ0n) is 13.9. The third-order valence-electron chi connectivity index (χ3n) is 4.06. The highest BCUT2D eigenvalue weighted by Crippen LogP contribution is 2.29. The molecule has 1 atom stereocenters. The summed E-state index contributed by atoms with van der Waals surface area (Å²) >= 11 is 0. The lowest BCUT2D eigenvalue weighted by molar-refractivity contribution is 0.187. The molecule has 0 radical (unpaired) electrons. The van der Waals surface area contributed by atoms with Crippen molar-refractivity contribution in [3.05, 3.63) is 78.6 Å². The largest absolute Gasteiger partial charge is 0.374 e. The van der Waals surface area contributed by atoms with E-state index in [0.29, 0.717) is 22.9 Å². The minimum atomic E-state index is -1.08. The molecule has 128 valence electrons. The highest BCUT2D eigenvalue weighted by atomic mass is 16.3. The number of anilines is 2. The van der Waals surface area contributed by atoms with Gasteiger partial charge in [0.15, 0.2) is 5.82 Å². The van der Waals surface area contributed by atoms with E-state index in [1.54, 1.807) is 18.5 Å². The molecule has 2 heterocycles. The topological polar surface area (TPSA) is 97.0 Å². The molecule has 0 aliphatic carbocycles. The Morgan fingerprint density at radius 3 is 2.54 bits per heavy atom. The quantitative estimate of drug-likeness (QED) is 0.492. The average Bonchev–Trinajstić information content (AvgIpc) is 2.69. The van der Waals surface area contributed by atoms with Crippen LogP contribution in [0.15, 0.2) is 73.1 Å². The van der Waals surface area contributed by atoms with E-state index in [1.165, 1.54) is 0 Å². The van der Waals surface area contributed by atoms with E-state index in [9.17, 15) is 5.11 Å². The molecule has 6 heteroatoms. The van der Waals surface area contributed by atoms with Crippen LogP contribution >= 0.6 is 0 Å². The van der Waals surface area contributed by atoms with Crippen molar-refractivity contribution in [3.8, 4) is 11.4 Å². The lowest BCUT2D eigenvalue weighted by Crippen LogP contribution is -2.11. The third-order valence-corrected chi connectivity index (χ3v) is 4.06. The Morgan fingerprint density at radius 1 is 0.923 bits per heavy atom. The van der Waals surface area contributed by atoms with E-state index in [4.69, 9.17) is 5.73 Å². The number of rotatable bonds is 4. The zero-order chi connectivity index (χ0) is 17.9. The molecule has 1 unspecified atom stereocenters. The zero-order valence-corrected chi connectivity index (χ0v) is 13.9. The number of nitrogens with zero attached hydrogens (tertiary/aromatic N) is 3. The Morgan fingerprint density at radius 2 is 1.73 bits per heavy atom. The van der Waals surface area contributed by atoms with Gasteiger partial charge in [0, 0.05) is 34.6 Å². The maximum atomic E-state index is 9.83. The number of para-hydroxylation sites is 2. The number of pyridine rings is 1. The molecule has 2 aromatic carbocycles. The molecule has 0 bridgehead atoms. The van der Waals surface area contributed by atoms with Gasteiger partial charge in [0.2, 0.25) is 0 Å². The first-order valence-corrected chi connectivity index (χ1v) is 8.19. The van der Waals surface area contributed by atoms with Gasteiger partial charge in [-0.2, -0.15) is 0 Å². The van der Waals surface area contributed by atoms with E-state index in [2.05, 4.69) is 20.3 Å². The number of hydrogen-bond acceptors (Lipinski definition) is 6. The van der Waals surface area contributed by atoms with Gasteiger partial charge in [-0.15, -0.1) is 0 Å². The number of benzene rings is 2. The molecule has 0 fully saturated rings. The van der Waals surface area contributed by atoms with Crippen LogP contribution in [-0.2, 0) is 0 Å². The number of fused-ring (bicyclic) bond motifs is 1. The Balaban J connectivity index is 1.87. The summed E-state index contributed by atoms with van der Waals surface area (Å²) in [5.41, 5.74) is 8.61. The fraction of sp³-hybridized carbons (Fsp3) is 0.0500. The number of hydrogen-bond donors (Lipinski definition) is 3. The molecule has 4 rings (SSSR count). The van der Waals surface area contributed by atoms with E-state index in [1.807, 2.05) is 54.6 Å². The molecular weight excluding hydrogens is 326 g/mol. The maximum Gasteiger partial charge on any atom is 0.163 e. The van der Waals surface area contributed by atoms with Crippen LogP contribution in [0.3, 0.4) is 0 Å². The first-order chi connectivity index (χ1) is 12.7. The summed E-state index contributed by atoms with van der Waals surface area (Å²) in [6, 6.07) is 18.9. The summed E-state index contributed by atoms with van der Waals surface area (Å²) in [6.45, 7) is 0. The summed E-state index contributed by atoms with van der Waals surface area (Å²) in [4.78, 5) is 13.5. The molecule has 0 saturated carbocycles. The third kappa shape index (κ3) is 3.11. The van der Waals surface area contributed by atoms with Crippen LogP contribution in [0.2, 0.25) is 0 Å². The van der Waals surface area contributed by atoms with Crippen LogP contribution in [0.4, 0.5) is 11.5 Å². The number of nitrogens with one attached hydrogen (secondary N) is 1. The molecule has 0 aliphatic heterocycles. The lowest BCUT2D eigenvalue weighted by Gasteiger charge is -2.15. The SMILES string of the molecule is NC(O)c1ccccc1Nc1nc(-c2cccnc2)nc2ccccc12. The van der Waals surface area contributed by atoms with Crippen LogP contribution < -0.4 is 11.1 Å². The summed E-state index contributed by atoms with van der Waals surface area (Å²) in [5.74, 6) is 1.22. The number of aliphatic hydroxyl groups is 1. The Labute approximate surface area is 150 Å². The fourth-order valence-electron chi connectivity index (χ4n) is 2.79. The van der Waals surface area contributed by atoms with Gasteiger partial charge in [-0.1, -0.05) is 30.3 Å². The van der Waals surface area contributed by atoms with Crippen molar-refractivity contribution in [3.63, 3.8) is 0 Å². The van der Waals surface area contributed by atoms with Crippen molar-refractivity contribution in [1.82, 2.24) is 15.0 Å². The van der Waals surface area contributed by atoms with Crippen LogP contribution in [0, 0.1) is 0 Å². The summed E-state index contributed by atoms with van der Waals surface area (Å²) < 4.78 is 0. The second-order valence-corrected chi connectivity index (χ2v) is 5.81. The van der Waals surface area contributed by atoms with Gasteiger partial charge in [0.05, 0.1) is 5.52 Å². The molecular formula is C20H17N5O. The van der Waals surface area contributed by atoms with Crippen LogP contribution in [-0.4, -0.2) is 20.1 Å². The Bertz CT molecular complexity index is 1050. The van der Waals surface area contributed by atoms with E-state index >= 15 is 0 Å². The van der Waals surface area contributed by atoms with Gasteiger partial charge in [-0.3, -0.25) is 4.98 Å². The predicted molar refractivity (Wildman–Crippen MR) is 102 cm³/mol. The first kappa shape index (κ1) is 16.1. The Kier molecular flexibility index (Phi) is 4.27. The highest BCUT2D eigenvalue weighted by Gasteiger charge is 2.13. The van der Waals surface area contributed by atoms with Crippen molar-refractivity contribution >= 4 is 22.4 Å². The summed E-state index contributed by atoms with van der Waals surface area (Å²) in [6.07, 6.45) is 2.36. The smallest absolute Gasteiger partial charge is 0.163 e. The second-order valence-electron chi connectivity index (χ2n) is 5.81. The molecule has 4 aromatic rings. The number of aromatic nitrogens is 3. The number of nitrogens with two attached hydrogens (primary N) is 1. The van der Waals surface area contributed by atoms with Crippen LogP contribution in [0.1, 0.15) is 11.8 Å². The summed E-state index contributed by atoms with van der Waals surface area (Å²) in [7, 11) is 0. The van der Waals surface area contributed by atoms with Gasteiger partial charge in [0.25, 0.3) is 0 Å². The number of aliphatic hydroxyl groups excluding tert-OH is 1. The van der Waals surface area contributed by atoms with Crippen LogP contribution in [0.5, 0.6) is 0 Å². The van der Waals surface area contributed by atoms with Crippen molar-refractivity contribution in [2.45, 2.75) is 6.23 Å². The second kappa shape index (κ2) is 6.87. The highest BCUT2D eigenvalue weighted by molar-refractivity contribution is 5.92. The molecule has 0 spiro atoms. The molecule has 26 heavy (non-hydrogen) atoms. The maximum absolute atomic E-state index is 9.83. The van der Waals surface area contributed by atoms with Gasteiger partial charge < -0.3 is 16.2 Å². The Hall–Kier alpha value is -3.35. The van der Waals surface area contributed by atoms with Gasteiger partial charge >= 0.3 is 0 Å². The van der Waals surface area contributed by atoms with E-state index in [-0.39, 0.29) is 0 Å². The fourth-order valence-corrected chi connectivity index (χ4v) is 2.79. The van der Waals surface area contributed by atoms with Gasteiger partial charge in [0.1, 0.15) is 12.0 Å². The molecule has 2 aromatic heterocycles. The summed E-state index contributed by atoms with van der Waals surface area (Å²) in [5, 5.41) is 14.0. The molecule has 0 amide bonds. The van der Waals surface area contributed by atoms with E-state index in [0.717, 1.165) is 16.5 Å². The minimum absolute atomic E-state index is 0.574. The average molecular weight is 343 g/mol. The van der Waals surface area contributed by atoms with E-state index < -0.39 is 6.23 Å². The minimum Gasteiger partial charge on any atom is -0.374 e. The normalized spacial score (nSPS) is 12.1. The van der Waals surface area contributed by atoms with Gasteiger partial charge in [-0.25, -0.2) is 9.97 Å². The van der Waals surface area contributed by atoms with Crippen molar-refractivity contribution in [2.24, 2.45) is 5.73 Å². The monoisotopic (exact) mass is 343 g/mol. The van der Waals surface area contributed by atoms with Crippen molar-refractivity contribution in [1.29, 1.82) is 0 Å². The van der Waals surface area contributed by atoms with Gasteiger partial charge in [-0.05, 0) is 30.3 Å². The standard InChI is InChI=1S/C20H17N5O/c21-18(26)14-7-1-3-9-16(14)24-20-15-8-2-4-10-17(15)23-19(25-20)13-6-5-11-22-12-13/h1-12,18,26H,21H2,(H,23,24,25). The predicted octanol–water partition coefficient (Wildman–Crippen LogP) is 3.39. The molecule has 0 aliphatic rings. The first-order valence-electron chi connectivity index (χ1n) is 8.19. The van der Waals surface area contributed by atoms with Crippen LogP contribution in [0.25, 0.3) is 22.3 Å². The molecule has 4 N–H and O–H groups in total. The van der Waals surface area contributed by atoms with Crippen molar-refractivity contribution in [2.75, 3.05) is 5.32 Å². The molecule has 6 nitrogen and oxygen atoms in total. The molecule has 0 saturated heterocycles. The lowest BCUT2D eigenvalue weighted by atomic mass is 10.1. The van der Waals surface area contributed by atoms with Crippen molar-refractivity contribution < 1.29 is 5.11 Å².